The average Bonchev–Trinajstić information content (AvgIpc) is 2.53. The van der Waals surface area contributed by atoms with Gasteiger partial charge in [0.2, 0.25) is 0 Å². The maximum absolute atomic E-state index is 3.58. The molecule has 84 valence electrons. The Labute approximate surface area is 89.7 Å². The van der Waals surface area contributed by atoms with Crippen LogP contribution in [0, 0.1) is 11.8 Å². The van der Waals surface area contributed by atoms with E-state index >= 15 is 0 Å². The van der Waals surface area contributed by atoms with Crippen LogP contribution in [0.3, 0.4) is 0 Å². The first-order valence-corrected chi connectivity index (χ1v) is 6.24. The smallest absolute Gasteiger partial charge is 0.00965 e. The summed E-state index contributed by atoms with van der Waals surface area (Å²) in [4.78, 5) is 0. The lowest BCUT2D eigenvalue weighted by Gasteiger charge is -2.24. The van der Waals surface area contributed by atoms with E-state index in [1.54, 1.807) is 0 Å². The largest absolute Gasteiger partial charge is 0.312 e. The minimum Gasteiger partial charge on any atom is -0.312 e. The third kappa shape index (κ3) is 4.45. The van der Waals surface area contributed by atoms with Crippen LogP contribution >= 0.6 is 0 Å². The molecule has 0 amide bonds. The molecular formula is C13H27N. The van der Waals surface area contributed by atoms with Gasteiger partial charge in [-0.1, -0.05) is 32.6 Å². The van der Waals surface area contributed by atoms with Crippen molar-refractivity contribution in [2.24, 2.45) is 11.8 Å². The van der Waals surface area contributed by atoms with Crippen molar-refractivity contribution in [2.45, 2.75) is 65.3 Å². The van der Waals surface area contributed by atoms with Crippen LogP contribution in [-0.2, 0) is 0 Å². The second-order valence-electron chi connectivity index (χ2n) is 5.99. The van der Waals surface area contributed by atoms with Crippen molar-refractivity contribution in [1.82, 2.24) is 5.32 Å². The lowest BCUT2D eigenvalue weighted by molar-refractivity contribution is 0.319. The van der Waals surface area contributed by atoms with Crippen LogP contribution in [0.5, 0.6) is 0 Å². The van der Waals surface area contributed by atoms with Crippen LogP contribution in [0.15, 0.2) is 0 Å². The summed E-state index contributed by atoms with van der Waals surface area (Å²) in [5.74, 6) is 1.95. The van der Waals surface area contributed by atoms with Crippen LogP contribution in [0.1, 0.15) is 59.8 Å². The highest BCUT2D eigenvalue weighted by Crippen LogP contribution is 2.32. The van der Waals surface area contributed by atoms with E-state index in [0.717, 1.165) is 11.8 Å². The van der Waals surface area contributed by atoms with E-state index in [9.17, 15) is 0 Å². The van der Waals surface area contributed by atoms with E-state index in [4.69, 9.17) is 0 Å². The van der Waals surface area contributed by atoms with E-state index in [0.29, 0.717) is 0 Å². The summed E-state index contributed by atoms with van der Waals surface area (Å²) in [7, 11) is 0. The monoisotopic (exact) mass is 197 g/mol. The van der Waals surface area contributed by atoms with Gasteiger partial charge in [0, 0.05) is 5.54 Å². The molecule has 1 rings (SSSR count). The molecule has 0 heterocycles. The van der Waals surface area contributed by atoms with Gasteiger partial charge in [-0.25, -0.2) is 0 Å². The van der Waals surface area contributed by atoms with Gasteiger partial charge in [-0.15, -0.1) is 0 Å². The fraction of sp³-hybridized carbons (Fsp3) is 1.00. The maximum atomic E-state index is 3.58. The lowest BCUT2D eigenvalue weighted by atomic mass is 9.90. The number of rotatable bonds is 4. The quantitative estimate of drug-likeness (QED) is 0.726. The standard InChI is InChI=1S/C13H27N/c1-11(12-7-5-6-8-12)9-10-14-13(2,3)4/h11-12,14H,5-10H2,1-4H3. The molecule has 0 bridgehead atoms. The van der Waals surface area contributed by atoms with Gasteiger partial charge in [-0.2, -0.15) is 0 Å². The third-order valence-electron chi connectivity index (χ3n) is 3.46. The van der Waals surface area contributed by atoms with E-state index < -0.39 is 0 Å². The molecule has 0 aromatic rings. The zero-order valence-corrected chi connectivity index (χ0v) is 10.4. The highest BCUT2D eigenvalue weighted by molar-refractivity contribution is 4.75. The maximum Gasteiger partial charge on any atom is 0.00965 e. The minimum atomic E-state index is 0.287. The third-order valence-corrected chi connectivity index (χ3v) is 3.46. The molecule has 0 aromatic heterocycles. The molecule has 1 N–H and O–H groups in total. The summed E-state index contributed by atoms with van der Waals surface area (Å²) in [6.07, 6.45) is 7.26. The Balaban J connectivity index is 2.11. The minimum absolute atomic E-state index is 0.287. The Morgan fingerprint density at radius 1 is 1.21 bits per heavy atom. The first kappa shape index (κ1) is 12.0. The van der Waals surface area contributed by atoms with Gasteiger partial charge < -0.3 is 5.32 Å². The van der Waals surface area contributed by atoms with E-state index in [1.807, 2.05) is 0 Å². The molecule has 0 spiro atoms. The van der Waals surface area contributed by atoms with Crippen molar-refractivity contribution < 1.29 is 0 Å². The van der Waals surface area contributed by atoms with E-state index in [1.165, 1.54) is 38.6 Å². The van der Waals surface area contributed by atoms with Gasteiger partial charge in [-0.3, -0.25) is 0 Å². The molecule has 0 aromatic carbocycles. The second kappa shape index (κ2) is 5.16. The molecule has 0 saturated heterocycles. The molecule has 1 saturated carbocycles. The zero-order valence-electron chi connectivity index (χ0n) is 10.4. The molecule has 1 heteroatoms. The summed E-state index contributed by atoms with van der Waals surface area (Å²) in [6, 6.07) is 0. The molecule has 1 aliphatic carbocycles. The highest BCUT2D eigenvalue weighted by atomic mass is 14.9. The molecular weight excluding hydrogens is 170 g/mol. The van der Waals surface area contributed by atoms with Crippen LogP contribution in [0.25, 0.3) is 0 Å². The summed E-state index contributed by atoms with van der Waals surface area (Å²) in [5.41, 5.74) is 0.287. The van der Waals surface area contributed by atoms with Gasteiger partial charge in [0.05, 0.1) is 0 Å². The highest BCUT2D eigenvalue weighted by Gasteiger charge is 2.21. The Kier molecular flexibility index (Phi) is 4.43. The average molecular weight is 197 g/mol. The fourth-order valence-corrected chi connectivity index (χ4v) is 2.44. The summed E-state index contributed by atoms with van der Waals surface area (Å²) in [6.45, 7) is 10.3. The molecule has 1 atom stereocenters. The van der Waals surface area contributed by atoms with Gasteiger partial charge >= 0.3 is 0 Å². The Morgan fingerprint density at radius 3 is 2.29 bits per heavy atom. The van der Waals surface area contributed by atoms with Crippen molar-refractivity contribution in [3.8, 4) is 0 Å². The molecule has 1 unspecified atom stereocenters. The first-order valence-electron chi connectivity index (χ1n) is 6.24. The van der Waals surface area contributed by atoms with Crippen molar-refractivity contribution in [1.29, 1.82) is 0 Å². The van der Waals surface area contributed by atoms with E-state index in [-0.39, 0.29) is 5.54 Å². The summed E-state index contributed by atoms with van der Waals surface area (Å²) < 4.78 is 0. The molecule has 14 heavy (non-hydrogen) atoms. The van der Waals surface area contributed by atoms with Crippen LogP contribution in [-0.4, -0.2) is 12.1 Å². The Morgan fingerprint density at radius 2 is 1.79 bits per heavy atom. The second-order valence-corrected chi connectivity index (χ2v) is 5.99. The number of hydrogen-bond acceptors (Lipinski definition) is 1. The molecule has 0 radical (unpaired) electrons. The molecule has 1 aliphatic rings. The molecule has 1 nitrogen and oxygen atoms in total. The van der Waals surface area contributed by atoms with Crippen molar-refractivity contribution in [2.75, 3.05) is 6.54 Å². The van der Waals surface area contributed by atoms with Crippen molar-refractivity contribution in [3.05, 3.63) is 0 Å². The van der Waals surface area contributed by atoms with Gasteiger partial charge in [-0.05, 0) is 45.6 Å². The van der Waals surface area contributed by atoms with Gasteiger partial charge in [0.25, 0.3) is 0 Å². The predicted molar refractivity (Wildman–Crippen MR) is 63.5 cm³/mol. The molecule has 1 fully saturated rings. The number of hydrogen-bond donors (Lipinski definition) is 1. The van der Waals surface area contributed by atoms with Crippen LogP contribution in [0.2, 0.25) is 0 Å². The number of nitrogens with one attached hydrogen (secondary N) is 1. The van der Waals surface area contributed by atoms with Crippen molar-refractivity contribution >= 4 is 0 Å². The van der Waals surface area contributed by atoms with Crippen LogP contribution < -0.4 is 5.32 Å². The first-order chi connectivity index (χ1) is 6.49. The fourth-order valence-electron chi connectivity index (χ4n) is 2.44. The SMILES string of the molecule is CC(CCNC(C)(C)C)C1CCCC1. The topological polar surface area (TPSA) is 12.0 Å². The van der Waals surface area contributed by atoms with Gasteiger partial charge in [0.1, 0.15) is 0 Å². The van der Waals surface area contributed by atoms with Crippen molar-refractivity contribution in [3.63, 3.8) is 0 Å². The Bertz CT molecular complexity index is 151. The predicted octanol–water partition coefficient (Wildman–Crippen LogP) is 3.59. The normalized spacial score (nSPS) is 21.4. The zero-order chi connectivity index (χ0) is 10.6. The molecule has 0 aliphatic heterocycles. The van der Waals surface area contributed by atoms with Gasteiger partial charge in [0.15, 0.2) is 0 Å². The van der Waals surface area contributed by atoms with E-state index in [2.05, 4.69) is 33.0 Å². The summed E-state index contributed by atoms with van der Waals surface area (Å²) in [5, 5.41) is 3.58. The Hall–Kier alpha value is -0.0400. The summed E-state index contributed by atoms with van der Waals surface area (Å²) >= 11 is 0. The van der Waals surface area contributed by atoms with Crippen LogP contribution in [0.4, 0.5) is 0 Å². The lowest BCUT2D eigenvalue weighted by Crippen LogP contribution is -2.37.